The molecule has 6 nitrogen and oxygen atoms in total. The molecule has 1 atom stereocenters. The third kappa shape index (κ3) is 3.91. The van der Waals surface area contributed by atoms with Gasteiger partial charge in [0.1, 0.15) is 12.4 Å². The monoisotopic (exact) mass is 389 g/mol. The molecule has 0 aliphatic carbocycles. The maximum atomic E-state index is 11.6. The first-order valence-corrected chi connectivity index (χ1v) is 9.12. The van der Waals surface area contributed by atoms with Crippen molar-refractivity contribution in [3.05, 3.63) is 105 Å². The number of ether oxygens (including phenoxy) is 3. The fraction of sp³-hybridized carbons (Fsp3) is 0.130. The second-order valence-corrected chi connectivity index (χ2v) is 6.55. The van der Waals surface area contributed by atoms with Crippen molar-refractivity contribution in [1.29, 1.82) is 0 Å². The Hall–Kier alpha value is -3.80. The molecule has 0 bridgehead atoms. The van der Waals surface area contributed by atoms with Crippen molar-refractivity contribution in [3.63, 3.8) is 0 Å². The molecule has 3 aromatic rings. The highest BCUT2D eigenvalue weighted by molar-refractivity contribution is 5.62. The molecule has 0 amide bonds. The maximum Gasteiger partial charge on any atom is 0.291 e. The summed E-state index contributed by atoms with van der Waals surface area (Å²) >= 11 is 0. The van der Waals surface area contributed by atoms with Gasteiger partial charge in [0.15, 0.2) is 11.5 Å². The zero-order valence-electron chi connectivity index (χ0n) is 15.8. The lowest BCUT2D eigenvalue weighted by Crippen LogP contribution is -2.19. The summed E-state index contributed by atoms with van der Waals surface area (Å²) in [6.45, 7) is 0.393. The van der Waals surface area contributed by atoms with E-state index in [0.29, 0.717) is 35.0 Å². The lowest BCUT2D eigenvalue weighted by molar-refractivity contribution is -0.434. The van der Waals surface area contributed by atoms with Crippen molar-refractivity contribution in [2.75, 3.05) is 7.11 Å². The van der Waals surface area contributed by atoms with E-state index < -0.39 is 11.0 Å². The van der Waals surface area contributed by atoms with Crippen LogP contribution in [-0.4, -0.2) is 12.0 Å². The Kier molecular flexibility index (Phi) is 5.16. The molecule has 146 valence electrons. The van der Waals surface area contributed by atoms with E-state index in [-0.39, 0.29) is 5.70 Å². The Balaban J connectivity index is 1.62. The molecule has 0 radical (unpaired) electrons. The normalized spacial score (nSPS) is 14.9. The molecule has 1 heterocycles. The van der Waals surface area contributed by atoms with Crippen LogP contribution in [0, 0.1) is 10.1 Å². The Morgan fingerprint density at radius 1 is 1.00 bits per heavy atom. The molecule has 0 saturated carbocycles. The van der Waals surface area contributed by atoms with Crippen molar-refractivity contribution in [2.45, 2.75) is 12.7 Å². The molecule has 29 heavy (non-hydrogen) atoms. The van der Waals surface area contributed by atoms with Gasteiger partial charge in [-0.1, -0.05) is 54.6 Å². The lowest BCUT2D eigenvalue weighted by Gasteiger charge is -2.23. The van der Waals surface area contributed by atoms with E-state index in [9.17, 15) is 10.1 Å². The minimum atomic E-state index is -0.836. The molecule has 0 aromatic heterocycles. The first-order valence-electron chi connectivity index (χ1n) is 9.12. The average molecular weight is 389 g/mol. The number of hydrogen-bond donors (Lipinski definition) is 0. The molecule has 6 heteroatoms. The Labute approximate surface area is 168 Å². The van der Waals surface area contributed by atoms with Crippen LogP contribution < -0.4 is 14.2 Å². The number of nitrogens with zero attached hydrogens (tertiary/aromatic N) is 1. The first-order chi connectivity index (χ1) is 14.2. The molecule has 4 rings (SSSR count). The Morgan fingerprint density at radius 3 is 2.52 bits per heavy atom. The number of para-hydroxylation sites is 1. The van der Waals surface area contributed by atoms with Crippen LogP contribution >= 0.6 is 0 Å². The van der Waals surface area contributed by atoms with Gasteiger partial charge in [-0.25, -0.2) is 0 Å². The average Bonchev–Trinajstić information content (AvgIpc) is 2.77. The highest BCUT2D eigenvalue weighted by Crippen LogP contribution is 2.40. The number of nitro groups is 1. The van der Waals surface area contributed by atoms with Gasteiger partial charge in [0.25, 0.3) is 5.70 Å². The van der Waals surface area contributed by atoms with Crippen LogP contribution in [0.3, 0.4) is 0 Å². The minimum Gasteiger partial charge on any atom is -0.493 e. The predicted molar refractivity (Wildman–Crippen MR) is 109 cm³/mol. The van der Waals surface area contributed by atoms with Gasteiger partial charge >= 0.3 is 0 Å². The largest absolute Gasteiger partial charge is 0.493 e. The summed E-state index contributed by atoms with van der Waals surface area (Å²) in [5.41, 5.74) is 2.31. The molecule has 0 saturated heterocycles. The van der Waals surface area contributed by atoms with Crippen LogP contribution in [0.15, 0.2) is 78.5 Å². The first kappa shape index (κ1) is 18.6. The van der Waals surface area contributed by atoms with Gasteiger partial charge in [-0.05, 0) is 23.8 Å². The van der Waals surface area contributed by atoms with Gasteiger partial charge in [0.2, 0.25) is 6.10 Å². The van der Waals surface area contributed by atoms with Crippen LogP contribution in [0.25, 0.3) is 6.08 Å². The van der Waals surface area contributed by atoms with Gasteiger partial charge in [-0.15, -0.1) is 0 Å². The second-order valence-electron chi connectivity index (χ2n) is 6.55. The fourth-order valence-corrected chi connectivity index (χ4v) is 3.22. The van der Waals surface area contributed by atoms with E-state index in [1.54, 1.807) is 36.4 Å². The number of hydrogen-bond acceptors (Lipinski definition) is 5. The summed E-state index contributed by atoms with van der Waals surface area (Å²) in [5, 5.41) is 11.6. The molecular formula is C23H19NO5. The van der Waals surface area contributed by atoms with Crippen LogP contribution in [0.1, 0.15) is 22.8 Å². The van der Waals surface area contributed by atoms with E-state index in [1.807, 2.05) is 42.5 Å². The molecule has 0 unspecified atom stereocenters. The van der Waals surface area contributed by atoms with Gasteiger partial charge in [0.05, 0.1) is 12.0 Å². The summed E-state index contributed by atoms with van der Waals surface area (Å²) in [6, 6.07) is 22.3. The SMILES string of the molecule is COc1cc([C@@H]2Oc3ccccc3C=C2[N+](=O)[O-])ccc1OCc1ccccc1. The van der Waals surface area contributed by atoms with E-state index in [4.69, 9.17) is 14.2 Å². The molecule has 3 aromatic carbocycles. The third-order valence-corrected chi connectivity index (χ3v) is 4.67. The van der Waals surface area contributed by atoms with Crippen molar-refractivity contribution in [3.8, 4) is 17.2 Å². The number of benzene rings is 3. The molecule has 0 spiro atoms. The molecule has 0 N–H and O–H groups in total. The summed E-state index contributed by atoms with van der Waals surface area (Å²) in [6.07, 6.45) is 0.715. The van der Waals surface area contributed by atoms with Gasteiger partial charge < -0.3 is 14.2 Å². The highest BCUT2D eigenvalue weighted by Gasteiger charge is 2.33. The van der Waals surface area contributed by atoms with Crippen LogP contribution in [0.4, 0.5) is 0 Å². The van der Waals surface area contributed by atoms with E-state index in [0.717, 1.165) is 5.56 Å². The summed E-state index contributed by atoms with van der Waals surface area (Å²) in [7, 11) is 1.54. The van der Waals surface area contributed by atoms with E-state index in [1.165, 1.54) is 7.11 Å². The zero-order chi connectivity index (χ0) is 20.2. The van der Waals surface area contributed by atoms with Crippen molar-refractivity contribution in [1.82, 2.24) is 0 Å². The van der Waals surface area contributed by atoms with E-state index >= 15 is 0 Å². The molecule has 0 fully saturated rings. The molecular weight excluding hydrogens is 370 g/mol. The lowest BCUT2D eigenvalue weighted by atomic mass is 10.0. The molecule has 1 aliphatic heterocycles. The van der Waals surface area contributed by atoms with Crippen LogP contribution in [-0.2, 0) is 6.61 Å². The second kappa shape index (κ2) is 8.06. The highest BCUT2D eigenvalue weighted by atomic mass is 16.6. The summed E-state index contributed by atoms with van der Waals surface area (Å²) in [4.78, 5) is 11.2. The van der Waals surface area contributed by atoms with Gasteiger partial charge in [0, 0.05) is 17.2 Å². The van der Waals surface area contributed by atoms with Crippen molar-refractivity contribution in [2.24, 2.45) is 0 Å². The molecule has 1 aliphatic rings. The van der Waals surface area contributed by atoms with Gasteiger partial charge in [-0.2, -0.15) is 0 Å². The minimum absolute atomic E-state index is 0.0243. The predicted octanol–water partition coefficient (Wildman–Crippen LogP) is 5.03. The zero-order valence-corrected chi connectivity index (χ0v) is 15.8. The standard InChI is InChI=1S/C23H19NO5/c1-27-22-14-18(11-12-21(22)28-15-16-7-3-2-4-8-16)23-19(24(25)26)13-17-9-5-6-10-20(17)29-23/h2-14,23H,15H2,1H3/t23-/m0/s1. The number of fused-ring (bicyclic) bond motifs is 1. The van der Waals surface area contributed by atoms with Crippen LogP contribution in [0.2, 0.25) is 0 Å². The Bertz CT molecular complexity index is 1060. The van der Waals surface area contributed by atoms with Crippen LogP contribution in [0.5, 0.6) is 17.2 Å². The maximum absolute atomic E-state index is 11.6. The van der Waals surface area contributed by atoms with E-state index in [2.05, 4.69) is 0 Å². The Morgan fingerprint density at radius 2 is 1.76 bits per heavy atom. The summed E-state index contributed by atoms with van der Waals surface area (Å²) < 4.78 is 17.3. The smallest absolute Gasteiger partial charge is 0.291 e. The topological polar surface area (TPSA) is 70.8 Å². The third-order valence-electron chi connectivity index (χ3n) is 4.67. The van der Waals surface area contributed by atoms with Crippen molar-refractivity contribution >= 4 is 6.08 Å². The van der Waals surface area contributed by atoms with Crippen molar-refractivity contribution < 1.29 is 19.1 Å². The fourth-order valence-electron chi connectivity index (χ4n) is 3.22. The number of methoxy groups -OCH3 is 1. The van der Waals surface area contributed by atoms with Gasteiger partial charge in [-0.3, -0.25) is 10.1 Å². The summed E-state index contributed by atoms with van der Waals surface area (Å²) in [5.74, 6) is 1.65. The quantitative estimate of drug-likeness (QED) is 0.437. The number of rotatable bonds is 6.